The molecule has 1 saturated carbocycles. The molecule has 0 aliphatic heterocycles. The molecule has 3 nitrogen and oxygen atoms in total. The second kappa shape index (κ2) is 5.33. The molecule has 0 heterocycles. The summed E-state index contributed by atoms with van der Waals surface area (Å²) in [4.78, 5) is 11.0. The van der Waals surface area contributed by atoms with Crippen molar-refractivity contribution in [1.82, 2.24) is 0 Å². The largest absolute Gasteiger partial charge is 0.479 e. The molecule has 1 unspecified atom stereocenters. The number of rotatable bonds is 3. The van der Waals surface area contributed by atoms with E-state index in [9.17, 15) is 9.90 Å². The molecule has 1 atom stereocenters. The fourth-order valence-corrected chi connectivity index (χ4v) is 2.98. The summed E-state index contributed by atoms with van der Waals surface area (Å²) in [6, 6.07) is 7.41. The third-order valence-corrected chi connectivity index (χ3v) is 4.30. The summed E-state index contributed by atoms with van der Waals surface area (Å²) in [6.07, 6.45) is 3.02. The zero-order valence-electron chi connectivity index (χ0n) is 11.6. The SMILES string of the molecule is CC1(C)CCC(c2ccccc2C(O)C(=O)O)CC1. The molecular formula is C16H22O3. The smallest absolute Gasteiger partial charge is 0.337 e. The third-order valence-electron chi connectivity index (χ3n) is 4.30. The molecule has 104 valence electrons. The Balaban J connectivity index is 2.23. The first-order valence-electron chi connectivity index (χ1n) is 6.90. The molecule has 1 aromatic rings. The molecule has 2 N–H and O–H groups in total. The van der Waals surface area contributed by atoms with Crippen LogP contribution in [-0.2, 0) is 4.79 Å². The van der Waals surface area contributed by atoms with Crippen LogP contribution in [-0.4, -0.2) is 16.2 Å². The van der Waals surface area contributed by atoms with E-state index in [2.05, 4.69) is 13.8 Å². The molecule has 1 aliphatic carbocycles. The van der Waals surface area contributed by atoms with Gasteiger partial charge in [-0.2, -0.15) is 0 Å². The molecule has 3 heteroatoms. The monoisotopic (exact) mass is 262 g/mol. The fraction of sp³-hybridized carbons (Fsp3) is 0.562. The molecule has 1 aliphatic rings. The Morgan fingerprint density at radius 2 is 1.84 bits per heavy atom. The van der Waals surface area contributed by atoms with Gasteiger partial charge in [-0.05, 0) is 48.1 Å². The Labute approximate surface area is 114 Å². The van der Waals surface area contributed by atoms with Crippen molar-refractivity contribution in [3.05, 3.63) is 35.4 Å². The van der Waals surface area contributed by atoms with Crippen molar-refractivity contribution in [3.63, 3.8) is 0 Å². The van der Waals surface area contributed by atoms with Crippen molar-refractivity contribution in [1.29, 1.82) is 0 Å². The van der Waals surface area contributed by atoms with E-state index >= 15 is 0 Å². The van der Waals surface area contributed by atoms with Gasteiger partial charge in [0.15, 0.2) is 6.10 Å². The van der Waals surface area contributed by atoms with Crippen molar-refractivity contribution < 1.29 is 15.0 Å². The van der Waals surface area contributed by atoms with E-state index in [1.165, 1.54) is 0 Å². The maximum atomic E-state index is 11.0. The highest BCUT2D eigenvalue weighted by atomic mass is 16.4. The number of aliphatic carboxylic acids is 1. The van der Waals surface area contributed by atoms with E-state index < -0.39 is 12.1 Å². The van der Waals surface area contributed by atoms with E-state index in [0.29, 0.717) is 16.9 Å². The summed E-state index contributed by atoms with van der Waals surface area (Å²) in [5.74, 6) is -0.804. The van der Waals surface area contributed by atoms with Crippen LogP contribution in [0.3, 0.4) is 0 Å². The average Bonchev–Trinajstić information content (AvgIpc) is 2.38. The number of benzene rings is 1. The lowest BCUT2D eigenvalue weighted by atomic mass is 9.70. The number of aliphatic hydroxyl groups is 1. The number of carbonyl (C=O) groups is 1. The topological polar surface area (TPSA) is 57.5 Å². The van der Waals surface area contributed by atoms with Gasteiger partial charge in [0.05, 0.1) is 0 Å². The van der Waals surface area contributed by atoms with Crippen molar-refractivity contribution in [2.75, 3.05) is 0 Å². The minimum absolute atomic E-state index is 0.373. The maximum Gasteiger partial charge on any atom is 0.337 e. The number of carboxylic acids is 1. The summed E-state index contributed by atoms with van der Waals surface area (Å²) >= 11 is 0. The third kappa shape index (κ3) is 3.16. The van der Waals surface area contributed by atoms with Gasteiger partial charge in [-0.25, -0.2) is 4.79 Å². The Bertz CT molecular complexity index is 455. The molecule has 0 radical (unpaired) electrons. The predicted octanol–water partition coefficient (Wildman–Crippen LogP) is 3.49. The van der Waals surface area contributed by atoms with Gasteiger partial charge in [0.25, 0.3) is 0 Å². The number of carboxylic acid groups (broad SMARTS) is 1. The van der Waals surface area contributed by atoms with Crippen LogP contribution >= 0.6 is 0 Å². The van der Waals surface area contributed by atoms with Crippen LogP contribution in [0, 0.1) is 5.41 Å². The second-order valence-corrected chi connectivity index (χ2v) is 6.31. The van der Waals surface area contributed by atoms with Crippen LogP contribution in [0.2, 0.25) is 0 Å². The molecule has 0 spiro atoms. The molecule has 0 saturated heterocycles. The van der Waals surface area contributed by atoms with Gasteiger partial charge in [-0.1, -0.05) is 38.1 Å². The maximum absolute atomic E-state index is 11.0. The highest BCUT2D eigenvalue weighted by Crippen LogP contribution is 2.43. The first-order chi connectivity index (χ1) is 8.91. The van der Waals surface area contributed by atoms with Gasteiger partial charge in [0.1, 0.15) is 0 Å². The fourth-order valence-electron chi connectivity index (χ4n) is 2.98. The Morgan fingerprint density at radius 3 is 2.42 bits per heavy atom. The normalized spacial score (nSPS) is 21.0. The molecule has 0 amide bonds. The van der Waals surface area contributed by atoms with Crippen LogP contribution in [0.25, 0.3) is 0 Å². The van der Waals surface area contributed by atoms with Crippen molar-refractivity contribution in [2.24, 2.45) is 5.41 Å². The summed E-state index contributed by atoms with van der Waals surface area (Å²) in [5, 5.41) is 18.8. The van der Waals surface area contributed by atoms with E-state index in [1.807, 2.05) is 12.1 Å². The van der Waals surface area contributed by atoms with Crippen LogP contribution in [0.4, 0.5) is 0 Å². The van der Waals surface area contributed by atoms with Crippen molar-refractivity contribution in [2.45, 2.75) is 51.6 Å². The van der Waals surface area contributed by atoms with Gasteiger partial charge in [-0.15, -0.1) is 0 Å². The first-order valence-corrected chi connectivity index (χ1v) is 6.90. The van der Waals surface area contributed by atoms with Crippen molar-refractivity contribution >= 4 is 5.97 Å². The Morgan fingerprint density at radius 1 is 1.26 bits per heavy atom. The van der Waals surface area contributed by atoms with Crippen LogP contribution in [0.1, 0.15) is 62.7 Å². The van der Waals surface area contributed by atoms with E-state index in [-0.39, 0.29) is 0 Å². The Hall–Kier alpha value is -1.35. The quantitative estimate of drug-likeness (QED) is 0.876. The highest BCUT2D eigenvalue weighted by Gasteiger charge is 2.30. The van der Waals surface area contributed by atoms with Gasteiger partial charge < -0.3 is 10.2 Å². The lowest BCUT2D eigenvalue weighted by Crippen LogP contribution is -2.22. The minimum atomic E-state index is -1.41. The molecular weight excluding hydrogens is 240 g/mol. The van der Waals surface area contributed by atoms with Gasteiger partial charge in [0.2, 0.25) is 0 Å². The highest BCUT2D eigenvalue weighted by molar-refractivity contribution is 5.74. The standard InChI is InChI=1S/C16H22O3/c1-16(2)9-7-11(8-10-16)12-5-3-4-6-13(12)14(17)15(18)19/h3-6,11,14,17H,7-10H2,1-2H3,(H,18,19). The van der Waals surface area contributed by atoms with Gasteiger partial charge in [-0.3, -0.25) is 0 Å². The van der Waals surface area contributed by atoms with Crippen molar-refractivity contribution in [3.8, 4) is 0 Å². The molecule has 2 rings (SSSR count). The number of hydrogen-bond donors (Lipinski definition) is 2. The lowest BCUT2D eigenvalue weighted by molar-refractivity contribution is -0.147. The predicted molar refractivity (Wildman–Crippen MR) is 74.0 cm³/mol. The molecule has 19 heavy (non-hydrogen) atoms. The summed E-state index contributed by atoms with van der Waals surface area (Å²) in [5.41, 5.74) is 1.95. The Kier molecular flexibility index (Phi) is 3.95. The summed E-state index contributed by atoms with van der Waals surface area (Å²) < 4.78 is 0. The first kappa shape index (κ1) is 14.1. The van der Waals surface area contributed by atoms with E-state index in [0.717, 1.165) is 31.2 Å². The van der Waals surface area contributed by atoms with Crippen LogP contribution in [0.5, 0.6) is 0 Å². The molecule has 1 fully saturated rings. The average molecular weight is 262 g/mol. The molecule has 1 aromatic carbocycles. The van der Waals surface area contributed by atoms with Gasteiger partial charge >= 0.3 is 5.97 Å². The molecule has 0 bridgehead atoms. The minimum Gasteiger partial charge on any atom is -0.479 e. The summed E-state index contributed by atoms with van der Waals surface area (Å²) in [6.45, 7) is 4.56. The van der Waals surface area contributed by atoms with E-state index in [4.69, 9.17) is 5.11 Å². The number of hydrogen-bond acceptors (Lipinski definition) is 2. The summed E-state index contributed by atoms with van der Waals surface area (Å²) in [7, 11) is 0. The number of aliphatic hydroxyl groups excluding tert-OH is 1. The van der Waals surface area contributed by atoms with Crippen LogP contribution in [0.15, 0.2) is 24.3 Å². The molecule has 0 aromatic heterocycles. The lowest BCUT2D eigenvalue weighted by Gasteiger charge is -2.35. The van der Waals surface area contributed by atoms with Gasteiger partial charge in [0, 0.05) is 0 Å². The van der Waals surface area contributed by atoms with E-state index in [1.54, 1.807) is 12.1 Å². The second-order valence-electron chi connectivity index (χ2n) is 6.31. The van der Waals surface area contributed by atoms with Crippen LogP contribution < -0.4 is 0 Å². The zero-order chi connectivity index (χ0) is 14.0. The zero-order valence-corrected chi connectivity index (χ0v) is 11.6.